The maximum Gasteiger partial charge on any atom is 0.253 e. The first-order valence-corrected chi connectivity index (χ1v) is 14.4. The van der Waals surface area contributed by atoms with Gasteiger partial charge >= 0.3 is 0 Å². The molecule has 0 atom stereocenters. The Hall–Kier alpha value is -2.67. The summed E-state index contributed by atoms with van der Waals surface area (Å²) >= 11 is 0. The number of hydrogen-bond acceptors (Lipinski definition) is 4. The van der Waals surface area contributed by atoms with Crippen LogP contribution >= 0.6 is 0 Å². The molecule has 7 heteroatoms. The molecule has 1 aliphatic heterocycles. The van der Waals surface area contributed by atoms with Crippen LogP contribution in [-0.4, -0.2) is 51.3 Å². The van der Waals surface area contributed by atoms with Gasteiger partial charge in [-0.3, -0.25) is 14.5 Å². The van der Waals surface area contributed by atoms with Crippen molar-refractivity contribution in [1.29, 1.82) is 0 Å². The summed E-state index contributed by atoms with van der Waals surface area (Å²) in [5, 5.41) is 0. The van der Waals surface area contributed by atoms with Gasteiger partial charge in [0.05, 0.1) is 6.26 Å². The first-order chi connectivity index (χ1) is 16.5. The van der Waals surface area contributed by atoms with E-state index in [1.165, 1.54) is 5.56 Å². The fourth-order valence-electron chi connectivity index (χ4n) is 5.02. The van der Waals surface area contributed by atoms with Crippen LogP contribution in [0.25, 0.3) is 0 Å². The molecule has 1 saturated heterocycles. The van der Waals surface area contributed by atoms with Gasteiger partial charge < -0.3 is 4.90 Å². The number of carbonyl (C=O) groups excluding carboxylic acids is 1. The number of anilines is 1. The maximum atomic E-state index is 13.2. The molecule has 2 aromatic carbocycles. The normalized spacial score (nSPS) is 16.4. The number of nitrogens with zero attached hydrogens (tertiary/aromatic N) is 2. The highest BCUT2D eigenvalue weighted by molar-refractivity contribution is 7.92. The minimum Gasteiger partial charge on any atom is -0.339 e. The van der Waals surface area contributed by atoms with Crippen molar-refractivity contribution >= 4 is 27.8 Å². The lowest BCUT2D eigenvalue weighted by Gasteiger charge is -2.42. The molecule has 2 aromatic rings. The molecule has 1 aliphatic rings. The Morgan fingerprint density at radius 2 is 1.80 bits per heavy atom. The molecule has 1 heterocycles. The Bertz CT molecular complexity index is 1120. The lowest BCUT2D eigenvalue weighted by molar-refractivity contribution is 0.0660. The Morgan fingerprint density at radius 3 is 2.43 bits per heavy atom. The van der Waals surface area contributed by atoms with Crippen molar-refractivity contribution in [1.82, 2.24) is 4.90 Å². The average Bonchev–Trinajstić information content (AvgIpc) is 2.81. The molecule has 6 nitrogen and oxygen atoms in total. The summed E-state index contributed by atoms with van der Waals surface area (Å²) in [7, 11) is -3.40. The fraction of sp³-hybridized carbons (Fsp3) is 0.500. The molecule has 0 unspecified atom stereocenters. The molecule has 0 bridgehead atoms. The number of amides is 1. The third-order valence-electron chi connectivity index (χ3n) is 6.86. The van der Waals surface area contributed by atoms with Gasteiger partial charge in [0, 0.05) is 42.5 Å². The Morgan fingerprint density at radius 1 is 1.11 bits per heavy atom. The monoisotopic (exact) mass is 497 g/mol. The van der Waals surface area contributed by atoms with Gasteiger partial charge in [0.25, 0.3) is 5.91 Å². The molecule has 0 aromatic heterocycles. The number of rotatable bonds is 10. The summed E-state index contributed by atoms with van der Waals surface area (Å²) in [6, 6.07) is 17.3. The molecule has 0 saturated carbocycles. The second kappa shape index (κ2) is 11.4. The summed E-state index contributed by atoms with van der Waals surface area (Å²) in [6.07, 6.45) is 8.18. The largest absolute Gasteiger partial charge is 0.339 e. The lowest BCUT2D eigenvalue weighted by Crippen LogP contribution is -2.45. The molecule has 3 rings (SSSR count). The van der Waals surface area contributed by atoms with Crippen molar-refractivity contribution in [3.05, 3.63) is 65.7 Å². The Balaban J connectivity index is 1.71. The van der Waals surface area contributed by atoms with Crippen LogP contribution < -0.4 is 4.72 Å². The van der Waals surface area contributed by atoms with Gasteiger partial charge in [-0.05, 0) is 54.9 Å². The Labute approximate surface area is 210 Å². The second-order valence-corrected chi connectivity index (χ2v) is 12.2. The molecule has 0 radical (unpaired) electrons. The highest BCUT2D eigenvalue weighted by Crippen LogP contribution is 2.39. The fourth-order valence-corrected chi connectivity index (χ4v) is 5.58. The molecule has 1 amide bonds. The smallest absolute Gasteiger partial charge is 0.253 e. The van der Waals surface area contributed by atoms with Crippen LogP contribution in [0.4, 0.5) is 5.69 Å². The van der Waals surface area contributed by atoms with E-state index in [0.29, 0.717) is 24.3 Å². The van der Waals surface area contributed by atoms with Gasteiger partial charge in [0.15, 0.2) is 0 Å². The third-order valence-corrected chi connectivity index (χ3v) is 7.47. The van der Waals surface area contributed by atoms with E-state index in [1.807, 2.05) is 11.0 Å². The van der Waals surface area contributed by atoms with Crippen LogP contribution in [0.15, 0.2) is 59.6 Å². The van der Waals surface area contributed by atoms with Crippen molar-refractivity contribution in [2.75, 3.05) is 30.6 Å². The van der Waals surface area contributed by atoms with E-state index in [4.69, 9.17) is 4.99 Å². The quantitative estimate of drug-likeness (QED) is 0.439. The minimum absolute atomic E-state index is 0.00995. The molecule has 1 fully saturated rings. The lowest BCUT2D eigenvalue weighted by atomic mass is 9.70. The van der Waals surface area contributed by atoms with E-state index >= 15 is 0 Å². The van der Waals surface area contributed by atoms with Crippen LogP contribution in [0.3, 0.4) is 0 Å². The maximum absolute atomic E-state index is 13.2. The van der Waals surface area contributed by atoms with E-state index in [9.17, 15) is 13.2 Å². The van der Waals surface area contributed by atoms with Gasteiger partial charge in [-0.15, -0.1) is 0 Å². The number of sulfonamides is 1. The highest BCUT2D eigenvalue weighted by Gasteiger charge is 2.37. The average molecular weight is 498 g/mol. The van der Waals surface area contributed by atoms with E-state index in [2.05, 4.69) is 56.0 Å². The number of aliphatic imine (C=N–C) groups is 1. The minimum atomic E-state index is -3.40. The summed E-state index contributed by atoms with van der Waals surface area (Å²) in [6.45, 7) is 8.75. The zero-order chi connectivity index (χ0) is 25.5. The second-order valence-electron chi connectivity index (χ2n) is 10.4. The van der Waals surface area contributed by atoms with Gasteiger partial charge in [0.2, 0.25) is 10.0 Å². The summed E-state index contributed by atoms with van der Waals surface area (Å²) in [5.41, 5.74) is 2.32. The van der Waals surface area contributed by atoms with Crippen molar-refractivity contribution < 1.29 is 13.2 Å². The van der Waals surface area contributed by atoms with Crippen molar-refractivity contribution in [3.8, 4) is 0 Å². The van der Waals surface area contributed by atoms with Gasteiger partial charge in [-0.2, -0.15) is 0 Å². The van der Waals surface area contributed by atoms with Crippen LogP contribution in [0.5, 0.6) is 0 Å². The number of piperidine rings is 1. The standard InChI is InChI=1S/C28H39N3O3S/c1-5-14-27(2,3)22-29-18-15-28(24-11-7-6-8-12-24)16-19-31(20-17-28)26(32)23-10-9-13-25(21-23)30-35(4,33)34/h6-13,21-22,30H,5,14-20H2,1-4H3. The SMILES string of the molecule is CCCC(C)(C)C=NCCC1(c2ccccc2)CCN(C(=O)c2cccc(NS(C)(=O)=O)c2)CC1. The van der Waals surface area contributed by atoms with Crippen molar-refractivity contribution in [2.24, 2.45) is 10.4 Å². The van der Waals surface area contributed by atoms with E-state index < -0.39 is 10.0 Å². The van der Waals surface area contributed by atoms with E-state index in [-0.39, 0.29) is 16.7 Å². The van der Waals surface area contributed by atoms with Gasteiger partial charge in [0.1, 0.15) is 0 Å². The zero-order valence-corrected chi connectivity index (χ0v) is 22.3. The van der Waals surface area contributed by atoms with Crippen LogP contribution in [0.1, 0.15) is 68.8 Å². The van der Waals surface area contributed by atoms with Gasteiger partial charge in [-0.25, -0.2) is 8.42 Å². The molecule has 35 heavy (non-hydrogen) atoms. The first kappa shape index (κ1) is 26.9. The predicted octanol–water partition coefficient (Wildman–Crippen LogP) is 5.52. The molecule has 0 spiro atoms. The number of hydrogen-bond donors (Lipinski definition) is 1. The number of likely N-dealkylation sites (tertiary alicyclic amines) is 1. The van der Waals surface area contributed by atoms with E-state index in [0.717, 1.165) is 44.9 Å². The predicted molar refractivity (Wildman–Crippen MR) is 145 cm³/mol. The molecular formula is C28H39N3O3S. The topological polar surface area (TPSA) is 78.8 Å². The molecule has 0 aliphatic carbocycles. The highest BCUT2D eigenvalue weighted by atomic mass is 32.2. The first-order valence-electron chi connectivity index (χ1n) is 12.5. The van der Waals surface area contributed by atoms with Crippen molar-refractivity contribution in [3.63, 3.8) is 0 Å². The van der Waals surface area contributed by atoms with Crippen LogP contribution in [-0.2, 0) is 15.4 Å². The van der Waals surface area contributed by atoms with Crippen LogP contribution in [0.2, 0.25) is 0 Å². The number of carbonyl (C=O) groups is 1. The van der Waals surface area contributed by atoms with Gasteiger partial charge in [-0.1, -0.05) is 63.6 Å². The molecular weight excluding hydrogens is 458 g/mol. The third kappa shape index (κ3) is 7.66. The van der Waals surface area contributed by atoms with Crippen molar-refractivity contribution in [2.45, 2.75) is 58.3 Å². The summed E-state index contributed by atoms with van der Waals surface area (Å²) in [4.78, 5) is 19.9. The zero-order valence-electron chi connectivity index (χ0n) is 21.5. The van der Waals surface area contributed by atoms with Crippen LogP contribution in [0, 0.1) is 5.41 Å². The number of nitrogens with one attached hydrogen (secondary N) is 1. The molecule has 1 N–H and O–H groups in total. The summed E-state index contributed by atoms with van der Waals surface area (Å²) < 4.78 is 25.6. The Kier molecular flexibility index (Phi) is 8.75. The van der Waals surface area contributed by atoms with E-state index in [1.54, 1.807) is 24.3 Å². The number of benzene rings is 2. The summed E-state index contributed by atoms with van der Waals surface area (Å²) in [5.74, 6) is -0.0665. The molecule has 190 valence electrons.